The van der Waals surface area contributed by atoms with Crippen molar-refractivity contribution in [3.63, 3.8) is 0 Å². The highest BCUT2D eigenvalue weighted by Crippen LogP contribution is 2.32. The molecule has 0 N–H and O–H groups in total. The molecule has 1 atom stereocenters. The summed E-state index contributed by atoms with van der Waals surface area (Å²) in [5.41, 5.74) is 1.39. The SMILES string of the molecule is COc1cc2ccc(CCN3CCCCC3C)cc2cc1OC. The van der Waals surface area contributed by atoms with E-state index in [0.29, 0.717) is 0 Å². The van der Waals surface area contributed by atoms with E-state index in [0.717, 1.165) is 30.5 Å². The van der Waals surface area contributed by atoms with Crippen molar-refractivity contribution in [1.82, 2.24) is 4.90 Å². The monoisotopic (exact) mass is 313 g/mol. The van der Waals surface area contributed by atoms with E-state index in [1.165, 1.54) is 42.1 Å². The summed E-state index contributed by atoms with van der Waals surface area (Å²) in [6, 6.07) is 11.6. The molecule has 1 saturated heterocycles. The number of hydrogen-bond acceptors (Lipinski definition) is 3. The minimum Gasteiger partial charge on any atom is -0.493 e. The third-order valence-corrected chi connectivity index (χ3v) is 5.04. The summed E-state index contributed by atoms with van der Waals surface area (Å²) in [6.07, 6.45) is 5.18. The summed E-state index contributed by atoms with van der Waals surface area (Å²) in [4.78, 5) is 2.63. The smallest absolute Gasteiger partial charge is 0.161 e. The molecule has 1 aliphatic rings. The van der Waals surface area contributed by atoms with Gasteiger partial charge in [0.2, 0.25) is 0 Å². The number of piperidine rings is 1. The zero-order valence-electron chi connectivity index (χ0n) is 14.5. The van der Waals surface area contributed by atoms with Gasteiger partial charge < -0.3 is 14.4 Å². The number of methoxy groups -OCH3 is 2. The average Bonchev–Trinajstić information content (AvgIpc) is 2.59. The van der Waals surface area contributed by atoms with E-state index in [-0.39, 0.29) is 0 Å². The standard InChI is InChI=1S/C20H27NO2/c1-15-6-4-5-10-21(15)11-9-16-7-8-17-13-19(22-2)20(23-3)14-18(17)12-16/h7-8,12-15H,4-6,9-11H2,1-3H3. The lowest BCUT2D eigenvalue weighted by Crippen LogP contribution is -2.38. The maximum atomic E-state index is 5.42. The molecule has 0 radical (unpaired) electrons. The van der Waals surface area contributed by atoms with E-state index >= 15 is 0 Å². The lowest BCUT2D eigenvalue weighted by molar-refractivity contribution is 0.163. The van der Waals surface area contributed by atoms with Crippen LogP contribution in [0.1, 0.15) is 31.7 Å². The molecule has 124 valence electrons. The maximum Gasteiger partial charge on any atom is 0.161 e. The highest BCUT2D eigenvalue weighted by atomic mass is 16.5. The van der Waals surface area contributed by atoms with Gasteiger partial charge in [-0.3, -0.25) is 0 Å². The molecular formula is C20H27NO2. The van der Waals surface area contributed by atoms with Crippen molar-refractivity contribution < 1.29 is 9.47 Å². The summed E-state index contributed by atoms with van der Waals surface area (Å²) < 4.78 is 10.8. The molecule has 0 aromatic heterocycles. The second-order valence-corrected chi connectivity index (χ2v) is 6.52. The third kappa shape index (κ3) is 3.61. The number of ether oxygens (including phenoxy) is 2. The highest BCUT2D eigenvalue weighted by molar-refractivity contribution is 5.86. The fraction of sp³-hybridized carbons (Fsp3) is 0.500. The lowest BCUT2D eigenvalue weighted by atomic mass is 10.0. The van der Waals surface area contributed by atoms with Gasteiger partial charge in [-0.1, -0.05) is 24.6 Å². The summed E-state index contributed by atoms with van der Waals surface area (Å²) in [7, 11) is 3.36. The van der Waals surface area contributed by atoms with Crippen molar-refractivity contribution in [1.29, 1.82) is 0 Å². The van der Waals surface area contributed by atoms with Gasteiger partial charge in [-0.15, -0.1) is 0 Å². The minimum atomic E-state index is 0.730. The van der Waals surface area contributed by atoms with Crippen LogP contribution >= 0.6 is 0 Å². The molecule has 0 bridgehead atoms. The fourth-order valence-corrected chi connectivity index (χ4v) is 3.54. The van der Waals surface area contributed by atoms with Crippen LogP contribution < -0.4 is 9.47 Å². The number of fused-ring (bicyclic) bond motifs is 1. The van der Waals surface area contributed by atoms with Crippen LogP contribution in [0.2, 0.25) is 0 Å². The van der Waals surface area contributed by atoms with Gasteiger partial charge in [-0.25, -0.2) is 0 Å². The van der Waals surface area contributed by atoms with Crippen LogP contribution in [0.25, 0.3) is 10.8 Å². The first-order chi connectivity index (χ1) is 11.2. The summed E-state index contributed by atoms with van der Waals surface area (Å²) >= 11 is 0. The molecule has 2 aromatic carbocycles. The Morgan fingerprint density at radius 2 is 1.74 bits per heavy atom. The Bertz CT molecular complexity index is 668. The predicted octanol–water partition coefficient (Wildman–Crippen LogP) is 4.27. The van der Waals surface area contributed by atoms with E-state index in [1.54, 1.807) is 14.2 Å². The van der Waals surface area contributed by atoms with Gasteiger partial charge in [0.1, 0.15) is 0 Å². The van der Waals surface area contributed by atoms with Crippen LogP contribution in [0.5, 0.6) is 11.5 Å². The molecule has 0 spiro atoms. The van der Waals surface area contributed by atoms with E-state index in [4.69, 9.17) is 9.47 Å². The molecular weight excluding hydrogens is 286 g/mol. The quantitative estimate of drug-likeness (QED) is 0.822. The normalized spacial score (nSPS) is 19.0. The predicted molar refractivity (Wildman–Crippen MR) is 95.6 cm³/mol. The van der Waals surface area contributed by atoms with Crippen LogP contribution in [0, 0.1) is 0 Å². The Morgan fingerprint density at radius 1 is 1.00 bits per heavy atom. The fourth-order valence-electron chi connectivity index (χ4n) is 3.54. The molecule has 23 heavy (non-hydrogen) atoms. The first kappa shape index (κ1) is 16.1. The van der Waals surface area contributed by atoms with Gasteiger partial charge in [-0.05, 0) is 61.2 Å². The van der Waals surface area contributed by atoms with E-state index < -0.39 is 0 Å². The lowest BCUT2D eigenvalue weighted by Gasteiger charge is -2.33. The zero-order valence-corrected chi connectivity index (χ0v) is 14.5. The van der Waals surface area contributed by atoms with Crippen molar-refractivity contribution in [3.05, 3.63) is 35.9 Å². The van der Waals surface area contributed by atoms with Gasteiger partial charge in [0.05, 0.1) is 14.2 Å². The number of nitrogens with zero attached hydrogens (tertiary/aromatic N) is 1. The zero-order chi connectivity index (χ0) is 16.2. The Morgan fingerprint density at radius 3 is 2.43 bits per heavy atom. The first-order valence-electron chi connectivity index (χ1n) is 8.60. The number of likely N-dealkylation sites (tertiary alicyclic amines) is 1. The molecule has 3 nitrogen and oxygen atoms in total. The van der Waals surface area contributed by atoms with Crippen molar-refractivity contribution in [2.75, 3.05) is 27.3 Å². The molecule has 0 amide bonds. The largest absolute Gasteiger partial charge is 0.493 e. The average molecular weight is 313 g/mol. The Labute approximate surface area is 139 Å². The Balaban J connectivity index is 1.76. The Kier molecular flexibility index (Phi) is 5.06. The second-order valence-electron chi connectivity index (χ2n) is 6.52. The van der Waals surface area contributed by atoms with Gasteiger partial charge in [0.15, 0.2) is 11.5 Å². The van der Waals surface area contributed by atoms with Gasteiger partial charge in [-0.2, -0.15) is 0 Å². The van der Waals surface area contributed by atoms with Gasteiger partial charge >= 0.3 is 0 Å². The molecule has 0 saturated carbocycles. The van der Waals surface area contributed by atoms with Crippen molar-refractivity contribution >= 4 is 10.8 Å². The van der Waals surface area contributed by atoms with Crippen LogP contribution in [0.4, 0.5) is 0 Å². The summed E-state index contributed by atoms with van der Waals surface area (Å²) in [5, 5.41) is 2.41. The number of hydrogen-bond donors (Lipinski definition) is 0. The Hall–Kier alpha value is -1.74. The second kappa shape index (κ2) is 7.22. The number of benzene rings is 2. The van der Waals surface area contributed by atoms with E-state index in [1.807, 2.05) is 6.07 Å². The molecule has 1 aliphatic heterocycles. The van der Waals surface area contributed by atoms with Crippen molar-refractivity contribution in [3.8, 4) is 11.5 Å². The van der Waals surface area contributed by atoms with Crippen LogP contribution in [0.3, 0.4) is 0 Å². The minimum absolute atomic E-state index is 0.730. The topological polar surface area (TPSA) is 21.7 Å². The molecule has 3 rings (SSSR count). The van der Waals surface area contributed by atoms with Crippen LogP contribution in [-0.2, 0) is 6.42 Å². The summed E-state index contributed by atoms with van der Waals surface area (Å²) in [6.45, 7) is 4.76. The molecule has 1 heterocycles. The van der Waals surface area contributed by atoms with Gasteiger partial charge in [0.25, 0.3) is 0 Å². The maximum absolute atomic E-state index is 5.42. The van der Waals surface area contributed by atoms with E-state index in [2.05, 4.69) is 36.1 Å². The first-order valence-corrected chi connectivity index (χ1v) is 8.60. The van der Waals surface area contributed by atoms with Gasteiger partial charge in [0, 0.05) is 12.6 Å². The summed E-state index contributed by atoms with van der Waals surface area (Å²) in [5.74, 6) is 1.58. The van der Waals surface area contributed by atoms with Crippen molar-refractivity contribution in [2.24, 2.45) is 0 Å². The molecule has 2 aromatic rings. The van der Waals surface area contributed by atoms with Crippen LogP contribution in [-0.4, -0.2) is 38.3 Å². The molecule has 1 fully saturated rings. The molecule has 0 aliphatic carbocycles. The highest BCUT2D eigenvalue weighted by Gasteiger charge is 2.17. The van der Waals surface area contributed by atoms with Crippen LogP contribution in [0.15, 0.2) is 30.3 Å². The molecule has 1 unspecified atom stereocenters. The number of rotatable bonds is 5. The van der Waals surface area contributed by atoms with E-state index in [9.17, 15) is 0 Å². The third-order valence-electron chi connectivity index (χ3n) is 5.04. The molecule has 3 heteroatoms. The van der Waals surface area contributed by atoms with Crippen molar-refractivity contribution in [2.45, 2.75) is 38.6 Å².